The van der Waals surface area contributed by atoms with Crippen molar-refractivity contribution in [3.8, 4) is 28.0 Å². The van der Waals surface area contributed by atoms with Crippen LogP contribution in [-0.2, 0) is 25.4 Å². The van der Waals surface area contributed by atoms with Crippen LogP contribution in [0.4, 0.5) is 5.69 Å². The minimum absolute atomic E-state index is 0.0116. The van der Waals surface area contributed by atoms with Gasteiger partial charge in [0, 0.05) is 33.9 Å². The van der Waals surface area contributed by atoms with Crippen LogP contribution in [-0.4, -0.2) is 19.5 Å². The molecule has 61 heavy (non-hydrogen) atoms. The van der Waals surface area contributed by atoms with Crippen molar-refractivity contribution in [1.82, 2.24) is 0 Å². The fourth-order valence-electron chi connectivity index (χ4n) is 7.56. The van der Waals surface area contributed by atoms with Gasteiger partial charge in [0.1, 0.15) is 10.1 Å². The van der Waals surface area contributed by atoms with Gasteiger partial charge in [0.05, 0.1) is 17.0 Å². The summed E-state index contributed by atoms with van der Waals surface area (Å²) in [6, 6.07) is 49.7. The van der Waals surface area contributed by atoms with E-state index in [1.807, 2.05) is 156 Å². The van der Waals surface area contributed by atoms with E-state index in [4.69, 9.17) is 13.5 Å². The number of rotatable bonds is 16. The number of benzene rings is 6. The maximum Gasteiger partial charge on any atom is 0.375 e. The standard InChI is InChI=1S/C49H44N2O8S2/c1-3-36(31-48-50(30-29-47(61(53,54)55)39-21-13-7-14-22-39)43-33-40(25-27-45(43)56-48)37-17-9-5-10-18-37)32-49-51(35-60(4-2,59-58-52)42-23-15-8-16-24-42)44-34-41(26-28-46(44)57-49)38-19-11-6-12-20-38/h4-28,31-34,47H,2-3,29-30,35H2,1H3,(H-,52,53,54,55)/p-1. The van der Waals surface area contributed by atoms with Crippen molar-refractivity contribution >= 4 is 43.3 Å². The average molecular weight is 852 g/mol. The van der Waals surface area contributed by atoms with Gasteiger partial charge in [-0.25, -0.2) is 8.42 Å². The molecule has 0 fully saturated rings. The lowest BCUT2D eigenvalue weighted by Crippen LogP contribution is -2.38. The van der Waals surface area contributed by atoms with Gasteiger partial charge in [0.15, 0.2) is 5.75 Å². The van der Waals surface area contributed by atoms with Crippen LogP contribution in [0.25, 0.3) is 39.4 Å². The minimum atomic E-state index is -4.71. The first-order valence-electron chi connectivity index (χ1n) is 19.7. The fraction of sp³-hybridized carbons (Fsp3) is 0.122. The molecule has 0 aliphatic carbocycles. The number of nitrogens with zero attached hydrogens (tertiary/aromatic N) is 2. The maximum absolute atomic E-state index is 12.7. The van der Waals surface area contributed by atoms with Gasteiger partial charge in [-0.3, -0.25) is 5.04 Å². The van der Waals surface area contributed by atoms with E-state index in [0.29, 0.717) is 35.1 Å². The third-order valence-corrected chi connectivity index (χ3v) is 14.5. The number of hydrogen-bond donors (Lipinski definition) is 0. The summed E-state index contributed by atoms with van der Waals surface area (Å²) in [6.07, 6.45) is 4.37. The van der Waals surface area contributed by atoms with Crippen LogP contribution in [0.15, 0.2) is 197 Å². The Morgan fingerprint density at radius 2 is 1.41 bits per heavy atom. The summed E-state index contributed by atoms with van der Waals surface area (Å²) in [5, 5.41) is 16.3. The molecule has 2 unspecified atom stereocenters. The van der Waals surface area contributed by atoms with Crippen LogP contribution in [0.1, 0.15) is 36.5 Å². The van der Waals surface area contributed by atoms with Crippen LogP contribution in [0.2, 0.25) is 0 Å². The average Bonchev–Trinajstić information content (AvgIpc) is 3.81. The van der Waals surface area contributed by atoms with Gasteiger partial charge < -0.3 is 23.9 Å². The molecule has 0 bridgehead atoms. The molecule has 0 amide bonds. The number of anilines is 1. The SMILES string of the molecule is C=CS(C[n+]1c(C=C(C=C2Oc3ccc(-c4ccccc4)cc3N2CCC(c2ccccc2)S(=O)(=O)[O-])CC)oc2ccc(-c3ccccc3)cc21)(OO[O-])c1ccccc1. The molecular formula is C49H43N2O8S2-. The largest absolute Gasteiger partial charge is 0.747 e. The van der Waals surface area contributed by atoms with E-state index >= 15 is 0 Å². The molecule has 1 aliphatic rings. The molecule has 2 atom stereocenters. The monoisotopic (exact) mass is 851 g/mol. The van der Waals surface area contributed by atoms with Crippen molar-refractivity contribution in [2.45, 2.75) is 35.8 Å². The van der Waals surface area contributed by atoms with Crippen LogP contribution >= 0.6 is 10.3 Å². The molecule has 1 aromatic heterocycles. The van der Waals surface area contributed by atoms with Crippen LogP contribution in [0.5, 0.6) is 5.75 Å². The third kappa shape index (κ3) is 8.96. The molecule has 0 spiro atoms. The second kappa shape index (κ2) is 18.2. The Morgan fingerprint density at radius 1 is 0.803 bits per heavy atom. The molecule has 0 saturated carbocycles. The van der Waals surface area contributed by atoms with Gasteiger partial charge in [0.25, 0.3) is 5.52 Å². The van der Waals surface area contributed by atoms with E-state index in [9.17, 15) is 18.2 Å². The lowest BCUT2D eigenvalue weighted by Gasteiger charge is -2.32. The van der Waals surface area contributed by atoms with Crippen molar-refractivity contribution in [3.05, 3.63) is 199 Å². The Morgan fingerprint density at radius 3 is 2.02 bits per heavy atom. The fourth-order valence-corrected chi connectivity index (χ4v) is 10.4. The van der Waals surface area contributed by atoms with E-state index in [1.54, 1.807) is 35.7 Å². The molecule has 1 aliphatic heterocycles. The first-order chi connectivity index (χ1) is 29.7. The molecular weight excluding hydrogens is 809 g/mol. The van der Waals surface area contributed by atoms with Gasteiger partial charge in [-0.15, -0.1) is 4.57 Å². The second-order valence-corrected chi connectivity index (χ2v) is 18.6. The molecule has 0 N–H and O–H groups in total. The highest BCUT2D eigenvalue weighted by atomic mass is 32.3. The Labute approximate surface area is 357 Å². The van der Waals surface area contributed by atoms with Crippen molar-refractivity contribution in [2.24, 2.45) is 0 Å². The lowest BCUT2D eigenvalue weighted by atomic mass is 10.0. The summed E-state index contributed by atoms with van der Waals surface area (Å²) in [5.41, 5.74) is 7.28. The quantitative estimate of drug-likeness (QED) is 0.0404. The van der Waals surface area contributed by atoms with Crippen molar-refractivity contribution in [3.63, 3.8) is 0 Å². The summed E-state index contributed by atoms with van der Waals surface area (Å²) in [4.78, 5) is 2.65. The zero-order chi connectivity index (χ0) is 42.4. The number of fused-ring (bicyclic) bond motifs is 2. The minimum Gasteiger partial charge on any atom is -0.747 e. The summed E-state index contributed by atoms with van der Waals surface area (Å²) >= 11 is 0. The highest BCUT2D eigenvalue weighted by molar-refractivity contribution is 8.31. The number of allylic oxidation sites excluding steroid dienone is 2. The molecule has 0 saturated heterocycles. The number of aromatic nitrogens is 1. The summed E-state index contributed by atoms with van der Waals surface area (Å²) in [5.74, 6) is 1.64. The topological polar surface area (TPSA) is 128 Å². The zero-order valence-electron chi connectivity index (χ0n) is 33.3. The zero-order valence-corrected chi connectivity index (χ0v) is 35.0. The molecule has 310 valence electrons. The van der Waals surface area contributed by atoms with Crippen molar-refractivity contribution in [1.29, 1.82) is 0 Å². The second-order valence-electron chi connectivity index (χ2n) is 14.4. The van der Waals surface area contributed by atoms with Crippen LogP contribution in [0.3, 0.4) is 0 Å². The highest BCUT2D eigenvalue weighted by Gasteiger charge is 2.35. The Bertz CT molecular complexity index is 2810. The van der Waals surface area contributed by atoms with Gasteiger partial charge >= 0.3 is 5.89 Å². The van der Waals surface area contributed by atoms with Gasteiger partial charge in [-0.2, -0.15) is 4.33 Å². The number of hydrogen-bond acceptors (Lipinski definition) is 9. The molecule has 6 aromatic carbocycles. The van der Waals surface area contributed by atoms with Gasteiger partial charge in [-0.1, -0.05) is 135 Å². The first kappa shape index (κ1) is 41.5. The van der Waals surface area contributed by atoms with Crippen LogP contribution in [0, 0.1) is 0 Å². The Kier molecular flexibility index (Phi) is 12.4. The molecule has 2 heterocycles. The maximum atomic E-state index is 12.7. The van der Waals surface area contributed by atoms with Crippen molar-refractivity contribution in [2.75, 3.05) is 11.4 Å². The summed E-state index contributed by atoms with van der Waals surface area (Å²) in [7, 11) is -7.30. The third-order valence-electron chi connectivity index (χ3n) is 10.7. The predicted octanol–water partition coefficient (Wildman–Crippen LogP) is 10.4. The van der Waals surface area contributed by atoms with Crippen molar-refractivity contribution < 1.29 is 41.3 Å². The van der Waals surface area contributed by atoms with Gasteiger partial charge in [0.2, 0.25) is 17.3 Å². The number of oxazole rings is 1. The van der Waals surface area contributed by atoms with E-state index in [1.165, 1.54) is 0 Å². The Balaban J connectivity index is 1.24. The van der Waals surface area contributed by atoms with E-state index in [2.05, 4.69) is 11.6 Å². The van der Waals surface area contributed by atoms with Gasteiger partial charge in [-0.05, 0) is 82.0 Å². The molecule has 10 nitrogen and oxygen atoms in total. The van der Waals surface area contributed by atoms with Crippen LogP contribution < -0.4 is 19.5 Å². The normalized spacial score (nSPS) is 15.6. The lowest BCUT2D eigenvalue weighted by molar-refractivity contribution is -0.779. The molecule has 12 heteroatoms. The number of ether oxygens (including phenoxy) is 1. The smallest absolute Gasteiger partial charge is 0.375 e. The molecule has 7 aromatic rings. The highest BCUT2D eigenvalue weighted by Crippen LogP contribution is 2.58. The van der Waals surface area contributed by atoms with E-state index in [0.717, 1.165) is 43.9 Å². The molecule has 8 rings (SSSR count). The van der Waals surface area contributed by atoms with E-state index < -0.39 is 25.7 Å². The predicted molar refractivity (Wildman–Crippen MR) is 236 cm³/mol. The Hall–Kier alpha value is -6.25. The first-order valence-corrected chi connectivity index (χ1v) is 23.0. The summed E-state index contributed by atoms with van der Waals surface area (Å²) in [6.45, 7) is 6.27. The van der Waals surface area contributed by atoms with E-state index in [-0.39, 0.29) is 18.8 Å². The molecule has 0 radical (unpaired) electrons. The summed E-state index contributed by atoms with van der Waals surface area (Å²) < 4.78 is 58.9.